The van der Waals surface area contributed by atoms with Crippen molar-refractivity contribution in [2.24, 2.45) is 0 Å². The van der Waals surface area contributed by atoms with Crippen molar-refractivity contribution in [3.63, 3.8) is 0 Å². The van der Waals surface area contributed by atoms with Crippen LogP contribution >= 0.6 is 22.9 Å². The van der Waals surface area contributed by atoms with Gasteiger partial charge in [-0.1, -0.05) is 11.6 Å². The van der Waals surface area contributed by atoms with Gasteiger partial charge in [0, 0.05) is 0 Å². The molecule has 1 aromatic carbocycles. The molecule has 1 heterocycles. The van der Waals surface area contributed by atoms with Crippen molar-refractivity contribution in [2.45, 2.75) is 4.21 Å². The van der Waals surface area contributed by atoms with E-state index in [-0.39, 0.29) is 19.8 Å². The van der Waals surface area contributed by atoms with Gasteiger partial charge in [-0.15, -0.1) is 11.3 Å². The van der Waals surface area contributed by atoms with Gasteiger partial charge < -0.3 is 5.11 Å². The number of carboxylic acids is 1. The summed E-state index contributed by atoms with van der Waals surface area (Å²) in [6.45, 7) is 0. The lowest BCUT2D eigenvalue weighted by Gasteiger charge is -2.08. The Morgan fingerprint density at radius 2 is 2.05 bits per heavy atom. The number of carboxylic acid groups (broad SMARTS) is 1. The summed E-state index contributed by atoms with van der Waals surface area (Å²) >= 11 is 6.52. The molecule has 0 atom stereocenters. The highest BCUT2D eigenvalue weighted by Gasteiger charge is 2.20. The second-order valence-corrected chi connectivity index (χ2v) is 7.24. The van der Waals surface area contributed by atoms with E-state index in [0.717, 1.165) is 0 Å². The number of nitrogens with zero attached hydrogens (tertiary/aromatic N) is 1. The number of benzene rings is 1. The highest BCUT2D eigenvalue weighted by molar-refractivity contribution is 7.94. The number of nitriles is 1. The number of hydrogen-bond acceptors (Lipinski definition) is 5. The Morgan fingerprint density at radius 1 is 1.33 bits per heavy atom. The van der Waals surface area contributed by atoms with Gasteiger partial charge in [-0.3, -0.25) is 4.72 Å². The third-order valence-electron chi connectivity index (χ3n) is 2.40. The van der Waals surface area contributed by atoms with E-state index in [1.807, 2.05) is 6.07 Å². The smallest absolute Gasteiger partial charge is 0.345 e. The van der Waals surface area contributed by atoms with Crippen molar-refractivity contribution in [2.75, 3.05) is 4.72 Å². The summed E-state index contributed by atoms with van der Waals surface area (Å²) in [5.41, 5.74) is 0.410. The SMILES string of the molecule is N#Cc1ccc(NS(=O)(=O)c2ccc(C(=O)O)s2)c(Cl)c1. The summed E-state index contributed by atoms with van der Waals surface area (Å²) < 4.78 is 26.4. The third kappa shape index (κ3) is 3.33. The van der Waals surface area contributed by atoms with Gasteiger partial charge >= 0.3 is 5.97 Å². The Bertz CT molecular complexity index is 852. The molecule has 9 heteroatoms. The molecule has 0 aliphatic heterocycles. The van der Waals surface area contributed by atoms with E-state index in [0.29, 0.717) is 16.9 Å². The molecular weight excluding hydrogens is 336 g/mol. The number of nitrogens with one attached hydrogen (secondary N) is 1. The van der Waals surface area contributed by atoms with Crippen molar-refractivity contribution in [1.29, 1.82) is 5.26 Å². The van der Waals surface area contributed by atoms with E-state index in [9.17, 15) is 13.2 Å². The predicted octanol–water partition coefficient (Wildman–Crippen LogP) is 2.77. The van der Waals surface area contributed by atoms with Crippen LogP contribution in [-0.2, 0) is 10.0 Å². The molecule has 0 aliphatic carbocycles. The summed E-state index contributed by atoms with van der Waals surface area (Å²) in [5.74, 6) is -1.20. The fourth-order valence-corrected chi connectivity index (χ4v) is 3.95. The number of hydrogen-bond donors (Lipinski definition) is 2. The first kappa shape index (κ1) is 15.3. The van der Waals surface area contributed by atoms with Crippen LogP contribution in [0.4, 0.5) is 5.69 Å². The van der Waals surface area contributed by atoms with Gasteiger partial charge in [0.2, 0.25) is 0 Å². The lowest BCUT2D eigenvalue weighted by atomic mass is 10.2. The zero-order chi connectivity index (χ0) is 15.6. The van der Waals surface area contributed by atoms with Gasteiger partial charge in [0.05, 0.1) is 22.3 Å². The first-order valence-corrected chi connectivity index (χ1v) is 8.07. The van der Waals surface area contributed by atoms with Gasteiger partial charge in [0.15, 0.2) is 0 Å². The largest absolute Gasteiger partial charge is 0.477 e. The second-order valence-electron chi connectivity index (χ2n) is 3.84. The molecule has 0 fully saturated rings. The van der Waals surface area contributed by atoms with Gasteiger partial charge in [-0.25, -0.2) is 13.2 Å². The van der Waals surface area contributed by atoms with Gasteiger partial charge in [-0.2, -0.15) is 5.26 Å². The molecule has 0 bridgehead atoms. The van der Waals surface area contributed by atoms with Gasteiger partial charge in [0.25, 0.3) is 10.0 Å². The first-order valence-electron chi connectivity index (χ1n) is 5.39. The van der Waals surface area contributed by atoms with E-state index in [4.69, 9.17) is 22.0 Å². The summed E-state index contributed by atoms with van der Waals surface area (Å²) in [5, 5.41) is 17.6. The summed E-state index contributed by atoms with van der Waals surface area (Å²) in [6.07, 6.45) is 0. The minimum absolute atomic E-state index is 0.0765. The van der Waals surface area contributed by atoms with Crippen LogP contribution in [0, 0.1) is 11.3 Å². The number of sulfonamides is 1. The van der Waals surface area contributed by atoms with Crippen LogP contribution in [0.25, 0.3) is 0 Å². The maximum Gasteiger partial charge on any atom is 0.345 e. The zero-order valence-corrected chi connectivity index (χ0v) is 12.6. The number of anilines is 1. The van der Waals surface area contributed by atoms with Crippen LogP contribution in [0.1, 0.15) is 15.2 Å². The first-order chi connectivity index (χ1) is 9.83. The van der Waals surface area contributed by atoms with Crippen LogP contribution in [0.5, 0.6) is 0 Å². The highest BCUT2D eigenvalue weighted by Crippen LogP contribution is 2.28. The van der Waals surface area contributed by atoms with Crippen LogP contribution in [0.2, 0.25) is 5.02 Å². The molecule has 21 heavy (non-hydrogen) atoms. The fraction of sp³-hybridized carbons (Fsp3) is 0. The molecule has 0 saturated heterocycles. The van der Waals surface area contributed by atoms with Crippen LogP contribution in [0.15, 0.2) is 34.5 Å². The molecule has 6 nitrogen and oxygen atoms in total. The molecule has 0 spiro atoms. The zero-order valence-electron chi connectivity index (χ0n) is 10.2. The molecule has 0 saturated carbocycles. The van der Waals surface area contributed by atoms with E-state index in [1.165, 1.54) is 30.3 Å². The number of rotatable bonds is 4. The van der Waals surface area contributed by atoms with Crippen molar-refractivity contribution in [1.82, 2.24) is 0 Å². The molecule has 2 rings (SSSR count). The molecule has 0 aliphatic rings. The van der Waals surface area contributed by atoms with E-state index < -0.39 is 16.0 Å². The monoisotopic (exact) mass is 342 g/mol. The number of carbonyl (C=O) groups is 1. The maximum atomic E-state index is 12.1. The average molecular weight is 343 g/mol. The number of halogens is 1. The Kier molecular flexibility index (Phi) is 4.18. The number of thiophene rings is 1. The molecule has 0 radical (unpaired) electrons. The third-order valence-corrected chi connectivity index (χ3v) is 5.64. The number of aromatic carboxylic acids is 1. The van der Waals surface area contributed by atoms with E-state index in [1.54, 1.807) is 0 Å². The topological polar surface area (TPSA) is 107 Å². The van der Waals surface area contributed by atoms with Crippen molar-refractivity contribution < 1.29 is 18.3 Å². The minimum Gasteiger partial charge on any atom is -0.477 e. The lowest BCUT2D eigenvalue weighted by molar-refractivity contribution is 0.0702. The van der Waals surface area contributed by atoms with E-state index in [2.05, 4.69) is 4.72 Å². The highest BCUT2D eigenvalue weighted by atomic mass is 35.5. The minimum atomic E-state index is -3.93. The van der Waals surface area contributed by atoms with Crippen LogP contribution in [-0.4, -0.2) is 19.5 Å². The Labute approximate surface area is 129 Å². The van der Waals surface area contributed by atoms with Gasteiger partial charge in [0.1, 0.15) is 9.09 Å². The summed E-state index contributed by atoms with van der Waals surface area (Å²) in [6, 6.07) is 8.41. The quantitative estimate of drug-likeness (QED) is 0.888. The fourth-order valence-electron chi connectivity index (χ4n) is 1.44. The summed E-state index contributed by atoms with van der Waals surface area (Å²) in [4.78, 5) is 10.7. The van der Waals surface area contributed by atoms with Crippen molar-refractivity contribution in [3.8, 4) is 6.07 Å². The molecule has 2 N–H and O–H groups in total. The summed E-state index contributed by atoms with van der Waals surface area (Å²) in [7, 11) is -3.93. The Balaban J connectivity index is 2.33. The van der Waals surface area contributed by atoms with Crippen molar-refractivity contribution >= 4 is 44.6 Å². The lowest BCUT2D eigenvalue weighted by Crippen LogP contribution is -2.11. The molecule has 0 amide bonds. The van der Waals surface area contributed by atoms with Crippen LogP contribution < -0.4 is 4.72 Å². The van der Waals surface area contributed by atoms with Crippen LogP contribution in [0.3, 0.4) is 0 Å². The molecular formula is C12H7ClN2O4S2. The molecule has 0 unspecified atom stereocenters. The Hall–Kier alpha value is -2.08. The second kappa shape index (κ2) is 5.73. The average Bonchev–Trinajstić information content (AvgIpc) is 2.91. The maximum absolute atomic E-state index is 12.1. The van der Waals surface area contributed by atoms with Gasteiger partial charge in [-0.05, 0) is 30.3 Å². The standard InChI is InChI=1S/C12H7ClN2O4S2/c13-8-5-7(6-14)1-2-9(8)15-21(18,19)11-4-3-10(20-11)12(16)17/h1-5,15H,(H,16,17). The molecule has 2 aromatic rings. The predicted molar refractivity (Wildman–Crippen MR) is 78.3 cm³/mol. The van der Waals surface area contributed by atoms with E-state index >= 15 is 0 Å². The normalized spacial score (nSPS) is 10.9. The Morgan fingerprint density at radius 3 is 2.57 bits per heavy atom. The molecule has 1 aromatic heterocycles. The van der Waals surface area contributed by atoms with Crippen molar-refractivity contribution in [3.05, 3.63) is 45.8 Å². The molecule has 108 valence electrons.